The van der Waals surface area contributed by atoms with Crippen molar-refractivity contribution in [3.05, 3.63) is 46.8 Å². The molecule has 0 unspecified atom stereocenters. The van der Waals surface area contributed by atoms with Crippen LogP contribution in [0, 0.1) is 13.8 Å². The van der Waals surface area contributed by atoms with Crippen molar-refractivity contribution in [1.82, 2.24) is 19.6 Å². The summed E-state index contributed by atoms with van der Waals surface area (Å²) in [5.74, 6) is -0.326. The fourth-order valence-electron chi connectivity index (χ4n) is 3.68. The van der Waals surface area contributed by atoms with E-state index in [0.717, 1.165) is 43.1 Å². The number of nitrogens with zero attached hydrogens (tertiary/aromatic N) is 4. The van der Waals surface area contributed by atoms with Gasteiger partial charge in [0.05, 0.1) is 30.8 Å². The van der Waals surface area contributed by atoms with E-state index >= 15 is 0 Å². The molecular weight excluding hydrogens is 356 g/mol. The van der Waals surface area contributed by atoms with Gasteiger partial charge in [-0.2, -0.15) is 5.10 Å². The van der Waals surface area contributed by atoms with Crippen molar-refractivity contribution in [2.45, 2.75) is 27.3 Å². The molecule has 1 saturated heterocycles. The number of aliphatic hydroxyl groups is 1. The number of carbonyl (C=O) groups excluding carboxylic acids is 1. The summed E-state index contributed by atoms with van der Waals surface area (Å²) in [5, 5.41) is 13.7. The molecule has 0 bridgehead atoms. The van der Waals surface area contributed by atoms with Crippen LogP contribution >= 0.6 is 0 Å². The second-order valence-corrected chi connectivity index (χ2v) is 7.27. The molecule has 2 aromatic rings. The van der Waals surface area contributed by atoms with Crippen molar-refractivity contribution in [3.63, 3.8) is 0 Å². The van der Waals surface area contributed by atoms with Gasteiger partial charge in [0.25, 0.3) is 0 Å². The van der Waals surface area contributed by atoms with Gasteiger partial charge in [-0.15, -0.1) is 0 Å². The number of esters is 1. The first-order chi connectivity index (χ1) is 13.5. The molecule has 7 heteroatoms. The van der Waals surface area contributed by atoms with E-state index in [9.17, 15) is 4.79 Å². The average molecular weight is 386 g/mol. The first-order valence-corrected chi connectivity index (χ1v) is 9.90. The summed E-state index contributed by atoms with van der Waals surface area (Å²) < 4.78 is 7.13. The second kappa shape index (κ2) is 9.32. The zero-order chi connectivity index (χ0) is 20.1. The maximum atomic E-state index is 12.5. The number of piperazine rings is 1. The number of carbonyl (C=O) groups is 1. The lowest BCUT2D eigenvalue weighted by molar-refractivity contribution is 0.0522. The summed E-state index contributed by atoms with van der Waals surface area (Å²) >= 11 is 0. The Morgan fingerprint density at radius 3 is 2.54 bits per heavy atom. The number of β-amino-alcohol motifs (C(OH)–C–C–N with tert-alkyl or cyclic N) is 1. The molecular formula is C21H30N4O3. The van der Waals surface area contributed by atoms with Crippen LogP contribution in [-0.2, 0) is 11.3 Å². The largest absolute Gasteiger partial charge is 0.462 e. The minimum atomic E-state index is -0.326. The van der Waals surface area contributed by atoms with Crippen LogP contribution in [0.5, 0.6) is 0 Å². The van der Waals surface area contributed by atoms with Crippen LogP contribution in [0.4, 0.5) is 0 Å². The second-order valence-electron chi connectivity index (χ2n) is 7.27. The first kappa shape index (κ1) is 20.5. The zero-order valence-electron chi connectivity index (χ0n) is 17.0. The fraction of sp³-hybridized carbons (Fsp3) is 0.524. The average Bonchev–Trinajstić information content (AvgIpc) is 3.07. The smallest absolute Gasteiger partial charge is 0.341 e. The van der Waals surface area contributed by atoms with Crippen molar-refractivity contribution in [3.8, 4) is 5.69 Å². The van der Waals surface area contributed by atoms with Gasteiger partial charge >= 0.3 is 5.97 Å². The number of aryl methyl sites for hydroxylation is 2. The van der Waals surface area contributed by atoms with E-state index < -0.39 is 0 Å². The lowest BCUT2D eigenvalue weighted by Gasteiger charge is -2.34. The standard InChI is InChI=1S/C21H30N4O3/c1-4-28-21(27)18-14-22-25(19-6-5-16(2)13-17(19)3)20(18)15-24-9-7-23(8-10-24)11-12-26/h5-6,13-14,26H,4,7-12,15H2,1-3H3. The Balaban J connectivity index is 1.88. The van der Waals surface area contributed by atoms with Crippen LogP contribution in [0.1, 0.15) is 34.1 Å². The Kier molecular flexibility index (Phi) is 6.83. The van der Waals surface area contributed by atoms with Gasteiger partial charge in [0, 0.05) is 39.3 Å². The van der Waals surface area contributed by atoms with Crippen LogP contribution in [0.3, 0.4) is 0 Å². The lowest BCUT2D eigenvalue weighted by atomic mass is 10.1. The third-order valence-electron chi connectivity index (χ3n) is 5.20. The molecule has 1 aliphatic rings. The molecule has 0 radical (unpaired) electrons. The fourth-order valence-corrected chi connectivity index (χ4v) is 3.68. The van der Waals surface area contributed by atoms with Crippen molar-refractivity contribution in [1.29, 1.82) is 0 Å². The highest BCUT2D eigenvalue weighted by Crippen LogP contribution is 2.22. The minimum Gasteiger partial charge on any atom is -0.462 e. The number of ether oxygens (including phenoxy) is 1. The van der Waals surface area contributed by atoms with E-state index in [-0.39, 0.29) is 12.6 Å². The van der Waals surface area contributed by atoms with E-state index in [2.05, 4.69) is 46.9 Å². The van der Waals surface area contributed by atoms with Gasteiger partial charge in [-0.05, 0) is 32.4 Å². The number of benzene rings is 1. The van der Waals surface area contributed by atoms with E-state index in [4.69, 9.17) is 9.84 Å². The van der Waals surface area contributed by atoms with E-state index in [0.29, 0.717) is 25.3 Å². The van der Waals surface area contributed by atoms with Gasteiger partial charge in [0.2, 0.25) is 0 Å². The number of aliphatic hydroxyl groups excluding tert-OH is 1. The SMILES string of the molecule is CCOC(=O)c1cnn(-c2ccc(C)cc2C)c1CN1CCN(CCO)CC1. The summed E-state index contributed by atoms with van der Waals surface area (Å²) in [6, 6.07) is 6.24. The first-order valence-electron chi connectivity index (χ1n) is 9.90. The molecule has 28 heavy (non-hydrogen) atoms. The Morgan fingerprint density at radius 1 is 1.18 bits per heavy atom. The van der Waals surface area contributed by atoms with Gasteiger partial charge in [-0.1, -0.05) is 17.7 Å². The van der Waals surface area contributed by atoms with Crippen molar-refractivity contribution in [2.24, 2.45) is 0 Å². The molecule has 0 aliphatic carbocycles. The van der Waals surface area contributed by atoms with E-state index in [1.54, 1.807) is 6.20 Å². The molecule has 0 atom stereocenters. The van der Waals surface area contributed by atoms with Gasteiger partial charge in [-0.25, -0.2) is 9.48 Å². The third-order valence-corrected chi connectivity index (χ3v) is 5.20. The van der Waals surface area contributed by atoms with Gasteiger partial charge in [-0.3, -0.25) is 9.80 Å². The summed E-state index contributed by atoms with van der Waals surface area (Å²) in [4.78, 5) is 17.1. The summed E-state index contributed by atoms with van der Waals surface area (Å²) in [7, 11) is 0. The summed E-state index contributed by atoms with van der Waals surface area (Å²) in [5.41, 5.74) is 4.68. The summed E-state index contributed by atoms with van der Waals surface area (Å²) in [6.45, 7) is 11.4. The molecule has 1 fully saturated rings. The highest BCUT2D eigenvalue weighted by molar-refractivity contribution is 5.90. The lowest BCUT2D eigenvalue weighted by Crippen LogP contribution is -2.47. The molecule has 0 saturated carbocycles. The summed E-state index contributed by atoms with van der Waals surface area (Å²) in [6.07, 6.45) is 1.62. The molecule has 0 spiro atoms. The Morgan fingerprint density at radius 2 is 1.89 bits per heavy atom. The number of rotatable bonds is 7. The molecule has 1 aliphatic heterocycles. The Hall–Kier alpha value is -2.22. The number of aromatic nitrogens is 2. The van der Waals surface area contributed by atoms with E-state index in [1.165, 1.54) is 5.56 Å². The normalized spacial score (nSPS) is 15.7. The van der Waals surface area contributed by atoms with E-state index in [1.807, 2.05) is 11.6 Å². The molecule has 2 heterocycles. The maximum absolute atomic E-state index is 12.5. The van der Waals surface area contributed by atoms with Crippen molar-refractivity contribution < 1.29 is 14.6 Å². The predicted molar refractivity (Wildman–Crippen MR) is 108 cm³/mol. The third kappa shape index (κ3) is 4.60. The quantitative estimate of drug-likeness (QED) is 0.732. The van der Waals surface area contributed by atoms with Crippen LogP contribution in [0.2, 0.25) is 0 Å². The zero-order valence-corrected chi connectivity index (χ0v) is 17.0. The predicted octanol–water partition coefficient (Wildman–Crippen LogP) is 1.78. The molecule has 1 aromatic carbocycles. The van der Waals surface area contributed by atoms with Crippen LogP contribution in [0.25, 0.3) is 5.69 Å². The molecule has 1 N–H and O–H groups in total. The molecule has 3 rings (SSSR count). The number of hydrogen-bond donors (Lipinski definition) is 1. The number of hydrogen-bond acceptors (Lipinski definition) is 6. The molecule has 7 nitrogen and oxygen atoms in total. The maximum Gasteiger partial charge on any atom is 0.341 e. The monoisotopic (exact) mass is 386 g/mol. The van der Waals surface area contributed by atoms with Crippen LogP contribution in [-0.4, -0.2) is 76.6 Å². The van der Waals surface area contributed by atoms with Gasteiger partial charge < -0.3 is 9.84 Å². The highest BCUT2D eigenvalue weighted by atomic mass is 16.5. The molecule has 0 amide bonds. The minimum absolute atomic E-state index is 0.187. The Bertz CT molecular complexity index is 810. The molecule has 152 valence electrons. The van der Waals surface area contributed by atoms with Crippen molar-refractivity contribution in [2.75, 3.05) is 45.9 Å². The topological polar surface area (TPSA) is 70.8 Å². The molecule has 1 aromatic heterocycles. The van der Waals surface area contributed by atoms with Crippen LogP contribution in [0.15, 0.2) is 24.4 Å². The Labute approximate surface area is 166 Å². The van der Waals surface area contributed by atoms with Crippen molar-refractivity contribution >= 4 is 5.97 Å². The van der Waals surface area contributed by atoms with Crippen LogP contribution < -0.4 is 0 Å². The highest BCUT2D eigenvalue weighted by Gasteiger charge is 2.24. The van der Waals surface area contributed by atoms with Gasteiger partial charge in [0.15, 0.2) is 0 Å². The van der Waals surface area contributed by atoms with Gasteiger partial charge in [0.1, 0.15) is 5.56 Å².